The number of anilines is 1. The van der Waals surface area contributed by atoms with Gasteiger partial charge in [-0.25, -0.2) is 9.78 Å². The average molecular weight is 412 g/mol. The van der Waals surface area contributed by atoms with E-state index in [0.29, 0.717) is 4.48 Å². The summed E-state index contributed by atoms with van der Waals surface area (Å²) in [5.41, 5.74) is 2.08. The van der Waals surface area contributed by atoms with Gasteiger partial charge in [0, 0.05) is 12.4 Å². The van der Waals surface area contributed by atoms with Gasteiger partial charge in [0.05, 0.1) is 25.2 Å². The van der Waals surface area contributed by atoms with E-state index in [0.717, 1.165) is 48.3 Å². The zero-order valence-corrected chi connectivity index (χ0v) is 17.7. The first kappa shape index (κ1) is 19.5. The molecule has 1 saturated heterocycles. The highest BCUT2D eigenvalue weighted by molar-refractivity contribution is 6.04. The summed E-state index contributed by atoms with van der Waals surface area (Å²) in [4.78, 5) is 23.9. The number of rotatable bonds is 4. The summed E-state index contributed by atoms with van der Waals surface area (Å²) in [5, 5.41) is 2.14. The minimum atomic E-state index is 0.172. The Kier molecular flexibility index (Phi) is 5.04. The van der Waals surface area contributed by atoms with Gasteiger partial charge in [-0.15, -0.1) is 0 Å². The number of nitrogens with one attached hydrogen (secondary N) is 1. The number of benzene rings is 3. The summed E-state index contributed by atoms with van der Waals surface area (Å²) in [5.74, 6) is 1.07. The van der Waals surface area contributed by atoms with Gasteiger partial charge in [0.1, 0.15) is 13.1 Å². The Hall–Kier alpha value is -3.44. The van der Waals surface area contributed by atoms with E-state index in [2.05, 4.69) is 64.4 Å². The lowest BCUT2D eigenvalue weighted by Crippen LogP contribution is -2.65. The van der Waals surface area contributed by atoms with Crippen LogP contribution in [0.15, 0.2) is 85.2 Å². The standard InChI is InChI=1S/C26H27N4O/c1-30(25(31)24-13-7-11-21-10-5-6-12-23(21)24)17-16-29(26-27-14-15-28-26)22(19-30)18-20-8-3-2-4-9-20/h2-15,22H,16-19H2,1H3,(H,27,28)/q+1/t22-,30?/m0/s1. The van der Waals surface area contributed by atoms with Crippen LogP contribution in [0.4, 0.5) is 5.95 Å². The summed E-state index contributed by atoms with van der Waals surface area (Å²) < 4.78 is 0.392. The van der Waals surface area contributed by atoms with Crippen molar-refractivity contribution in [3.63, 3.8) is 0 Å². The number of nitrogens with zero attached hydrogens (tertiary/aromatic N) is 3. The monoisotopic (exact) mass is 411 g/mol. The molecule has 0 spiro atoms. The van der Waals surface area contributed by atoms with Gasteiger partial charge in [-0.2, -0.15) is 0 Å². The molecule has 31 heavy (non-hydrogen) atoms. The Labute approximate surface area is 182 Å². The highest BCUT2D eigenvalue weighted by Crippen LogP contribution is 2.28. The number of amides is 1. The second-order valence-electron chi connectivity index (χ2n) is 8.58. The van der Waals surface area contributed by atoms with Crippen molar-refractivity contribution < 1.29 is 9.28 Å². The molecule has 0 aliphatic carbocycles. The molecule has 2 atom stereocenters. The fraction of sp³-hybridized carbons (Fsp3) is 0.231. The first-order valence-electron chi connectivity index (χ1n) is 10.8. The van der Waals surface area contributed by atoms with Crippen LogP contribution in [0.25, 0.3) is 10.8 Å². The van der Waals surface area contributed by atoms with E-state index in [1.54, 1.807) is 6.20 Å². The molecule has 1 aliphatic heterocycles. The second kappa shape index (κ2) is 8.00. The van der Waals surface area contributed by atoms with Crippen molar-refractivity contribution in [2.45, 2.75) is 12.5 Å². The third-order valence-electron chi connectivity index (χ3n) is 6.47. The predicted molar refractivity (Wildman–Crippen MR) is 124 cm³/mol. The molecule has 1 unspecified atom stereocenters. The van der Waals surface area contributed by atoms with Gasteiger partial charge in [0.25, 0.3) is 0 Å². The number of imidazole rings is 1. The lowest BCUT2D eigenvalue weighted by molar-refractivity contribution is -0.832. The summed E-state index contributed by atoms with van der Waals surface area (Å²) in [7, 11) is 2.08. The zero-order valence-electron chi connectivity index (χ0n) is 17.7. The Morgan fingerprint density at radius 3 is 2.65 bits per heavy atom. The van der Waals surface area contributed by atoms with Gasteiger partial charge >= 0.3 is 5.91 Å². The highest BCUT2D eigenvalue weighted by Gasteiger charge is 2.43. The summed E-state index contributed by atoms with van der Waals surface area (Å²) in [6, 6.07) is 24.9. The quantitative estimate of drug-likeness (QED) is 0.510. The molecule has 1 N–H and O–H groups in total. The average Bonchev–Trinajstić information content (AvgIpc) is 3.34. The molecule has 4 aromatic rings. The maximum absolute atomic E-state index is 13.9. The minimum absolute atomic E-state index is 0.172. The van der Waals surface area contributed by atoms with Gasteiger partial charge in [-0.05, 0) is 28.8 Å². The molecular formula is C26H27N4O+. The second-order valence-corrected chi connectivity index (χ2v) is 8.58. The van der Waals surface area contributed by atoms with E-state index in [1.807, 2.05) is 36.5 Å². The summed E-state index contributed by atoms with van der Waals surface area (Å²) in [6.07, 6.45) is 4.52. The Morgan fingerprint density at radius 2 is 1.84 bits per heavy atom. The molecule has 1 fully saturated rings. The van der Waals surface area contributed by atoms with Gasteiger partial charge in [-0.1, -0.05) is 66.7 Å². The van der Waals surface area contributed by atoms with Crippen molar-refractivity contribution in [3.05, 3.63) is 96.3 Å². The number of carbonyl (C=O) groups excluding carboxylic acids is 1. The summed E-state index contributed by atoms with van der Waals surface area (Å²) >= 11 is 0. The van der Waals surface area contributed by atoms with E-state index in [1.165, 1.54) is 5.56 Å². The van der Waals surface area contributed by atoms with E-state index < -0.39 is 0 Å². The molecule has 5 rings (SSSR count). The third-order valence-corrected chi connectivity index (χ3v) is 6.47. The van der Waals surface area contributed by atoms with Crippen LogP contribution in [-0.4, -0.2) is 53.1 Å². The fourth-order valence-corrected chi connectivity index (χ4v) is 4.81. The molecule has 5 heteroatoms. The van der Waals surface area contributed by atoms with Crippen LogP contribution in [0.5, 0.6) is 0 Å². The molecule has 1 aromatic heterocycles. The normalized spacial score (nSPS) is 21.3. The molecular weight excluding hydrogens is 384 g/mol. The lowest BCUT2D eigenvalue weighted by atomic mass is 9.98. The largest absolute Gasteiger partial charge is 0.346 e. The Bertz CT molecular complexity index is 1180. The number of H-pyrrole nitrogens is 1. The SMILES string of the molecule is C[N+]1(C(=O)c2cccc3ccccc23)CCN(c2ncc[nH]2)[C@@H](Cc2ccccc2)C1. The van der Waals surface area contributed by atoms with Gasteiger partial charge in [0.15, 0.2) is 0 Å². The number of aromatic nitrogens is 2. The number of carbonyl (C=O) groups is 1. The predicted octanol–water partition coefficient (Wildman–Crippen LogP) is 4.28. The first-order chi connectivity index (χ1) is 15.1. The minimum Gasteiger partial charge on any atom is -0.331 e. The molecule has 3 aromatic carbocycles. The number of piperazine rings is 1. The van der Waals surface area contributed by atoms with Crippen LogP contribution >= 0.6 is 0 Å². The molecule has 2 heterocycles. The van der Waals surface area contributed by atoms with Crippen molar-refractivity contribution >= 4 is 22.6 Å². The van der Waals surface area contributed by atoms with Crippen molar-refractivity contribution in [1.29, 1.82) is 0 Å². The van der Waals surface area contributed by atoms with Crippen LogP contribution in [0.1, 0.15) is 15.9 Å². The van der Waals surface area contributed by atoms with Crippen LogP contribution in [0.3, 0.4) is 0 Å². The van der Waals surface area contributed by atoms with E-state index >= 15 is 0 Å². The number of hydrogen-bond acceptors (Lipinski definition) is 3. The maximum Gasteiger partial charge on any atom is 0.346 e. The van der Waals surface area contributed by atoms with Gasteiger partial charge < -0.3 is 9.88 Å². The van der Waals surface area contributed by atoms with Gasteiger partial charge in [0.2, 0.25) is 5.95 Å². The Balaban J connectivity index is 1.48. The molecule has 1 amide bonds. The van der Waals surface area contributed by atoms with Crippen molar-refractivity contribution in [2.75, 3.05) is 31.6 Å². The van der Waals surface area contributed by atoms with Crippen molar-refractivity contribution in [2.24, 2.45) is 0 Å². The summed E-state index contributed by atoms with van der Waals surface area (Å²) in [6.45, 7) is 2.25. The first-order valence-corrected chi connectivity index (χ1v) is 10.8. The lowest BCUT2D eigenvalue weighted by Gasteiger charge is -2.45. The number of quaternary nitrogens is 1. The number of hydrogen-bond donors (Lipinski definition) is 1. The molecule has 0 saturated carbocycles. The molecule has 1 aliphatic rings. The maximum atomic E-state index is 13.9. The fourth-order valence-electron chi connectivity index (χ4n) is 4.81. The third kappa shape index (κ3) is 3.73. The van der Waals surface area contributed by atoms with Crippen LogP contribution in [0.2, 0.25) is 0 Å². The smallest absolute Gasteiger partial charge is 0.331 e. The van der Waals surface area contributed by atoms with Crippen LogP contribution in [0, 0.1) is 0 Å². The topological polar surface area (TPSA) is 49.0 Å². The molecule has 156 valence electrons. The van der Waals surface area contributed by atoms with Crippen molar-refractivity contribution in [3.8, 4) is 0 Å². The van der Waals surface area contributed by atoms with E-state index in [9.17, 15) is 4.79 Å². The number of fused-ring (bicyclic) bond motifs is 1. The van der Waals surface area contributed by atoms with Crippen LogP contribution < -0.4 is 4.90 Å². The highest BCUT2D eigenvalue weighted by atomic mass is 16.2. The molecule has 0 bridgehead atoms. The molecule has 5 nitrogen and oxygen atoms in total. The van der Waals surface area contributed by atoms with Gasteiger partial charge in [-0.3, -0.25) is 4.48 Å². The van der Waals surface area contributed by atoms with E-state index in [4.69, 9.17) is 0 Å². The zero-order chi connectivity index (χ0) is 21.3. The molecule has 0 radical (unpaired) electrons. The van der Waals surface area contributed by atoms with E-state index in [-0.39, 0.29) is 11.9 Å². The Morgan fingerprint density at radius 1 is 1.06 bits per heavy atom. The number of likely N-dealkylation sites (N-methyl/N-ethyl adjacent to an activating group) is 1. The van der Waals surface area contributed by atoms with Crippen molar-refractivity contribution in [1.82, 2.24) is 9.97 Å². The van der Waals surface area contributed by atoms with Crippen LogP contribution in [-0.2, 0) is 6.42 Å². The number of aromatic amines is 1.